The Balaban J connectivity index is 1.62. The molecule has 1 aliphatic rings. The highest BCUT2D eigenvalue weighted by atomic mass is 16.5. The molecule has 0 bridgehead atoms. The molecule has 182 valence electrons. The van der Waals surface area contributed by atoms with Crippen LogP contribution in [0, 0.1) is 6.92 Å². The molecule has 0 fully saturated rings. The highest BCUT2D eigenvalue weighted by Crippen LogP contribution is 2.40. The fraction of sp³-hybridized carbons (Fsp3) is 0.179. The molecule has 1 unspecified atom stereocenters. The van der Waals surface area contributed by atoms with Gasteiger partial charge in [0, 0.05) is 11.3 Å². The van der Waals surface area contributed by atoms with Gasteiger partial charge >= 0.3 is 6.03 Å². The van der Waals surface area contributed by atoms with Crippen LogP contribution >= 0.6 is 0 Å². The van der Waals surface area contributed by atoms with Gasteiger partial charge in [-0.2, -0.15) is 4.98 Å². The van der Waals surface area contributed by atoms with Crippen molar-refractivity contribution < 1.29 is 19.2 Å². The van der Waals surface area contributed by atoms with Crippen LogP contribution in [0.15, 0.2) is 83.0 Å². The van der Waals surface area contributed by atoms with Crippen LogP contribution in [0.5, 0.6) is 11.5 Å². The minimum absolute atomic E-state index is 0.0286. The van der Waals surface area contributed by atoms with E-state index >= 15 is 0 Å². The number of nitrogens with zero attached hydrogens (tertiary/aromatic N) is 3. The third-order valence-electron chi connectivity index (χ3n) is 6.41. The fourth-order valence-corrected chi connectivity index (χ4v) is 4.38. The maximum absolute atomic E-state index is 13.3. The number of hydrogen-bond acceptors (Lipinski definition) is 6. The van der Waals surface area contributed by atoms with Gasteiger partial charge in [0.2, 0.25) is 5.82 Å². The number of aryl methyl sites for hydroxylation is 1. The molecule has 4 aromatic rings. The third-order valence-corrected chi connectivity index (χ3v) is 6.41. The number of urea groups is 1. The highest BCUT2D eigenvalue weighted by Gasteiger charge is 2.36. The number of carbonyl (C=O) groups is 1. The normalized spacial score (nSPS) is 15.7. The van der Waals surface area contributed by atoms with E-state index in [2.05, 4.69) is 15.5 Å². The first-order chi connectivity index (χ1) is 17.5. The first kappa shape index (κ1) is 23.2. The Morgan fingerprint density at radius 1 is 1.06 bits per heavy atom. The van der Waals surface area contributed by atoms with E-state index in [1.165, 1.54) is 7.11 Å². The average molecular weight is 483 g/mol. The van der Waals surface area contributed by atoms with Crippen LogP contribution in [-0.2, 0) is 6.54 Å². The number of nitrogens with one attached hydrogen (secondary N) is 1. The van der Waals surface area contributed by atoms with Crippen molar-refractivity contribution in [2.24, 2.45) is 0 Å². The van der Waals surface area contributed by atoms with Crippen LogP contribution in [0.3, 0.4) is 0 Å². The molecule has 1 aromatic heterocycles. The molecule has 1 atom stereocenters. The summed E-state index contributed by atoms with van der Waals surface area (Å²) in [5.41, 5.74) is 4.94. The van der Waals surface area contributed by atoms with E-state index in [9.17, 15) is 9.90 Å². The van der Waals surface area contributed by atoms with Crippen molar-refractivity contribution in [2.75, 3.05) is 7.11 Å². The lowest BCUT2D eigenvalue weighted by atomic mass is 9.94. The number of rotatable bonds is 6. The second kappa shape index (κ2) is 9.58. The van der Waals surface area contributed by atoms with E-state index in [0.29, 0.717) is 40.8 Å². The van der Waals surface area contributed by atoms with Crippen molar-refractivity contribution >= 4 is 11.6 Å². The van der Waals surface area contributed by atoms with Crippen LogP contribution in [0.4, 0.5) is 4.79 Å². The zero-order chi connectivity index (χ0) is 25.2. The quantitative estimate of drug-likeness (QED) is 0.379. The summed E-state index contributed by atoms with van der Waals surface area (Å²) < 4.78 is 10.9. The van der Waals surface area contributed by atoms with Crippen molar-refractivity contribution in [3.05, 3.63) is 101 Å². The number of hydrogen-bond donors (Lipinski definition) is 2. The summed E-state index contributed by atoms with van der Waals surface area (Å²) in [6.45, 7) is 4.27. The summed E-state index contributed by atoms with van der Waals surface area (Å²) in [6, 6.07) is 21.6. The van der Waals surface area contributed by atoms with Gasteiger partial charge in [0.05, 0.1) is 25.3 Å². The van der Waals surface area contributed by atoms with Crippen molar-refractivity contribution in [1.82, 2.24) is 20.4 Å². The molecular weight excluding hydrogens is 456 g/mol. The van der Waals surface area contributed by atoms with E-state index in [0.717, 1.165) is 16.7 Å². The van der Waals surface area contributed by atoms with Crippen molar-refractivity contribution in [2.45, 2.75) is 26.4 Å². The summed E-state index contributed by atoms with van der Waals surface area (Å²) in [5, 5.41) is 17.7. The van der Waals surface area contributed by atoms with Gasteiger partial charge in [-0.1, -0.05) is 65.8 Å². The van der Waals surface area contributed by atoms with E-state index in [4.69, 9.17) is 9.26 Å². The first-order valence-electron chi connectivity index (χ1n) is 11.6. The number of phenols is 1. The zero-order valence-corrected chi connectivity index (χ0v) is 20.2. The molecule has 8 heteroatoms. The maximum atomic E-state index is 13.3. The highest BCUT2D eigenvalue weighted by molar-refractivity contribution is 5.87. The van der Waals surface area contributed by atoms with Crippen molar-refractivity contribution in [3.8, 4) is 22.9 Å². The number of benzene rings is 3. The molecule has 0 spiro atoms. The van der Waals surface area contributed by atoms with Gasteiger partial charge in [-0.25, -0.2) is 4.79 Å². The Kier molecular flexibility index (Phi) is 6.16. The molecular formula is C28H26N4O4. The van der Waals surface area contributed by atoms with Crippen LogP contribution in [0.25, 0.3) is 17.0 Å². The van der Waals surface area contributed by atoms with Gasteiger partial charge in [-0.3, -0.25) is 4.90 Å². The Morgan fingerprint density at radius 3 is 2.53 bits per heavy atom. The van der Waals surface area contributed by atoms with Crippen LogP contribution in [0.2, 0.25) is 0 Å². The number of carbonyl (C=O) groups excluding carboxylic acids is 1. The molecule has 0 radical (unpaired) electrons. The molecule has 1 aliphatic heterocycles. The summed E-state index contributed by atoms with van der Waals surface area (Å²) in [4.78, 5) is 19.7. The van der Waals surface area contributed by atoms with Gasteiger partial charge < -0.3 is 19.7 Å². The van der Waals surface area contributed by atoms with E-state index in [-0.39, 0.29) is 11.8 Å². The monoisotopic (exact) mass is 482 g/mol. The molecule has 0 saturated heterocycles. The lowest BCUT2D eigenvalue weighted by molar-refractivity contribution is 0.203. The Morgan fingerprint density at radius 2 is 1.81 bits per heavy atom. The number of amides is 2. The summed E-state index contributed by atoms with van der Waals surface area (Å²) in [5.74, 6) is 1.05. The largest absolute Gasteiger partial charge is 0.504 e. The minimum atomic E-state index is -0.619. The van der Waals surface area contributed by atoms with E-state index < -0.39 is 6.04 Å². The topological polar surface area (TPSA) is 101 Å². The molecule has 2 heterocycles. The molecule has 2 N–H and O–H groups in total. The number of ether oxygens (including phenoxy) is 1. The zero-order valence-electron chi connectivity index (χ0n) is 20.2. The summed E-state index contributed by atoms with van der Waals surface area (Å²) in [6.07, 6.45) is 0. The van der Waals surface area contributed by atoms with Crippen molar-refractivity contribution in [3.63, 3.8) is 0 Å². The predicted molar refractivity (Wildman–Crippen MR) is 135 cm³/mol. The van der Waals surface area contributed by atoms with Gasteiger partial charge in [-0.15, -0.1) is 0 Å². The number of aromatic nitrogens is 2. The maximum Gasteiger partial charge on any atom is 0.322 e. The number of aromatic hydroxyl groups is 1. The molecule has 5 rings (SSSR count). The average Bonchev–Trinajstić information content (AvgIpc) is 3.37. The summed E-state index contributed by atoms with van der Waals surface area (Å²) >= 11 is 0. The minimum Gasteiger partial charge on any atom is -0.504 e. The molecule has 0 aliphatic carbocycles. The van der Waals surface area contributed by atoms with Crippen LogP contribution in [-0.4, -0.2) is 33.3 Å². The Labute approximate surface area is 208 Å². The standard InChI is InChI=1S/C28H26N4O4/c1-17-9-7-8-12-21(17)16-32-18(2)24(27-30-26(31-36-27)19-10-5-4-6-11-19)25(29-28(32)34)20-13-14-23(35-3)22(33)15-20/h4-15,25,33H,16H2,1-3H3,(H,29,34). The lowest BCUT2D eigenvalue weighted by Crippen LogP contribution is -2.45. The van der Waals surface area contributed by atoms with Gasteiger partial charge in [0.1, 0.15) is 0 Å². The van der Waals surface area contributed by atoms with E-state index in [1.807, 2.05) is 68.4 Å². The molecule has 2 amide bonds. The summed E-state index contributed by atoms with van der Waals surface area (Å²) in [7, 11) is 1.49. The second-order valence-electron chi connectivity index (χ2n) is 8.61. The smallest absolute Gasteiger partial charge is 0.322 e. The SMILES string of the molecule is COc1ccc(C2NC(=O)N(Cc3ccccc3C)C(C)=C2c2nc(-c3ccccc3)no2)cc1O. The van der Waals surface area contributed by atoms with Crippen molar-refractivity contribution in [1.29, 1.82) is 0 Å². The number of phenolic OH excluding ortho intramolecular Hbond substituents is 1. The first-order valence-corrected chi connectivity index (χ1v) is 11.6. The molecule has 36 heavy (non-hydrogen) atoms. The second-order valence-corrected chi connectivity index (χ2v) is 8.61. The third kappa shape index (κ3) is 4.29. The van der Waals surface area contributed by atoms with Crippen LogP contribution in [0.1, 0.15) is 35.5 Å². The molecule has 8 nitrogen and oxygen atoms in total. The molecule has 3 aromatic carbocycles. The van der Waals surface area contributed by atoms with Gasteiger partial charge in [0.25, 0.3) is 5.89 Å². The fourth-order valence-electron chi connectivity index (χ4n) is 4.38. The van der Waals surface area contributed by atoms with Gasteiger partial charge in [-0.05, 0) is 42.7 Å². The van der Waals surface area contributed by atoms with Crippen LogP contribution < -0.4 is 10.1 Å². The number of allylic oxidation sites excluding steroid dienone is 1. The predicted octanol–water partition coefficient (Wildman–Crippen LogP) is 5.46. The number of methoxy groups -OCH3 is 1. The molecule has 0 saturated carbocycles. The van der Waals surface area contributed by atoms with E-state index in [1.54, 1.807) is 23.1 Å². The van der Waals surface area contributed by atoms with Gasteiger partial charge in [0.15, 0.2) is 11.5 Å². The Hall–Kier alpha value is -4.59. The Bertz CT molecular complexity index is 1440. The lowest BCUT2D eigenvalue weighted by Gasteiger charge is -2.35.